The van der Waals surface area contributed by atoms with Crippen LogP contribution in [0.3, 0.4) is 0 Å². The van der Waals surface area contributed by atoms with Gasteiger partial charge in [-0.1, -0.05) is 25.5 Å². The second-order valence-corrected chi connectivity index (χ2v) is 6.93. The summed E-state index contributed by atoms with van der Waals surface area (Å²) in [4.78, 5) is 18.7. The highest BCUT2D eigenvalue weighted by Crippen LogP contribution is 2.21. The molecule has 2 saturated heterocycles. The number of carbonyl (C=O) groups excluding carboxylic acids is 1. The summed E-state index contributed by atoms with van der Waals surface area (Å²) < 4.78 is 5.78. The first-order valence-corrected chi connectivity index (χ1v) is 9.15. The zero-order chi connectivity index (χ0) is 17.2. The van der Waals surface area contributed by atoms with Gasteiger partial charge < -0.3 is 9.64 Å². The van der Waals surface area contributed by atoms with E-state index in [0.717, 1.165) is 43.7 Å². The molecule has 2 aromatic rings. The maximum Gasteiger partial charge on any atom is 0.246 e. The molecule has 1 amide bonds. The molecule has 4 rings (SSSR count). The van der Waals surface area contributed by atoms with Gasteiger partial charge in [0.05, 0.1) is 19.3 Å². The molecule has 0 unspecified atom stereocenters. The molecule has 0 bridgehead atoms. The van der Waals surface area contributed by atoms with E-state index in [-0.39, 0.29) is 12.5 Å². The number of morpholine rings is 1. The maximum absolute atomic E-state index is 12.7. The van der Waals surface area contributed by atoms with E-state index in [1.165, 1.54) is 11.2 Å². The van der Waals surface area contributed by atoms with E-state index < -0.39 is 0 Å². The van der Waals surface area contributed by atoms with Crippen LogP contribution in [0.15, 0.2) is 24.3 Å². The minimum absolute atomic E-state index is 0.0811. The predicted octanol–water partition coefficient (Wildman–Crippen LogP) is 1.14. The SMILES string of the molecule is CCC[C@H]1COC[C@H]2CN(C(=O)Cn3nc4ccccc4n3)CCN12. The van der Waals surface area contributed by atoms with Crippen molar-refractivity contribution in [2.75, 3.05) is 32.8 Å². The number of ether oxygens (including phenoxy) is 1. The number of nitrogens with zero attached hydrogens (tertiary/aromatic N) is 5. The summed E-state index contributed by atoms with van der Waals surface area (Å²) in [5.41, 5.74) is 1.64. The Morgan fingerprint density at radius 2 is 1.96 bits per heavy atom. The summed E-state index contributed by atoms with van der Waals surface area (Å²) >= 11 is 0. The molecule has 1 aromatic heterocycles. The molecule has 0 aliphatic carbocycles. The van der Waals surface area contributed by atoms with Crippen LogP contribution < -0.4 is 0 Å². The second-order valence-electron chi connectivity index (χ2n) is 6.93. The number of piperazine rings is 1. The van der Waals surface area contributed by atoms with Crippen molar-refractivity contribution in [2.24, 2.45) is 0 Å². The molecule has 7 nitrogen and oxygen atoms in total. The molecule has 0 N–H and O–H groups in total. The fourth-order valence-electron chi connectivity index (χ4n) is 3.94. The quantitative estimate of drug-likeness (QED) is 0.833. The van der Waals surface area contributed by atoms with Gasteiger partial charge in [0, 0.05) is 25.7 Å². The minimum atomic E-state index is 0.0811. The van der Waals surface area contributed by atoms with Gasteiger partial charge in [0.25, 0.3) is 0 Å². The van der Waals surface area contributed by atoms with Crippen molar-refractivity contribution in [3.05, 3.63) is 24.3 Å². The lowest BCUT2D eigenvalue weighted by atomic mass is 10.0. The first-order chi connectivity index (χ1) is 12.2. The van der Waals surface area contributed by atoms with Crippen LogP contribution in [0.4, 0.5) is 0 Å². The van der Waals surface area contributed by atoms with Gasteiger partial charge in [-0.2, -0.15) is 15.0 Å². The smallest absolute Gasteiger partial charge is 0.246 e. The molecular formula is C18H25N5O2. The Balaban J connectivity index is 1.40. The summed E-state index contributed by atoms with van der Waals surface area (Å²) in [5.74, 6) is 0.0811. The molecule has 0 saturated carbocycles. The summed E-state index contributed by atoms with van der Waals surface area (Å²) in [5, 5.41) is 8.78. The normalized spacial score (nSPS) is 24.4. The summed E-state index contributed by atoms with van der Waals surface area (Å²) in [6.45, 7) is 6.39. The molecule has 0 radical (unpaired) electrons. The van der Waals surface area contributed by atoms with E-state index >= 15 is 0 Å². The monoisotopic (exact) mass is 343 g/mol. The molecule has 2 aliphatic heterocycles. The zero-order valence-corrected chi connectivity index (χ0v) is 14.7. The Hall–Kier alpha value is -1.99. The van der Waals surface area contributed by atoms with E-state index in [1.807, 2.05) is 29.2 Å². The van der Waals surface area contributed by atoms with Crippen molar-refractivity contribution in [1.82, 2.24) is 24.8 Å². The van der Waals surface area contributed by atoms with E-state index in [0.29, 0.717) is 18.7 Å². The summed E-state index contributed by atoms with van der Waals surface area (Å²) in [6, 6.07) is 8.49. The van der Waals surface area contributed by atoms with Crippen molar-refractivity contribution in [3.8, 4) is 0 Å². The Bertz CT molecular complexity index is 711. The summed E-state index contributed by atoms with van der Waals surface area (Å²) in [6.07, 6.45) is 2.33. The Labute approximate surface area is 147 Å². The lowest BCUT2D eigenvalue weighted by Crippen LogP contribution is -2.62. The van der Waals surface area contributed by atoms with E-state index in [9.17, 15) is 4.79 Å². The van der Waals surface area contributed by atoms with Gasteiger partial charge >= 0.3 is 0 Å². The predicted molar refractivity (Wildman–Crippen MR) is 94.1 cm³/mol. The van der Waals surface area contributed by atoms with Gasteiger partial charge in [-0.15, -0.1) is 0 Å². The van der Waals surface area contributed by atoms with Crippen LogP contribution in [0.1, 0.15) is 19.8 Å². The third-order valence-electron chi connectivity index (χ3n) is 5.20. The fraction of sp³-hybridized carbons (Fsp3) is 0.611. The van der Waals surface area contributed by atoms with E-state index in [1.54, 1.807) is 0 Å². The Morgan fingerprint density at radius 1 is 1.20 bits per heavy atom. The van der Waals surface area contributed by atoms with Crippen LogP contribution in [0, 0.1) is 0 Å². The number of amides is 1. The highest BCUT2D eigenvalue weighted by atomic mass is 16.5. The van der Waals surface area contributed by atoms with Crippen molar-refractivity contribution >= 4 is 16.9 Å². The van der Waals surface area contributed by atoms with Gasteiger partial charge in [0.15, 0.2) is 0 Å². The largest absolute Gasteiger partial charge is 0.378 e. The van der Waals surface area contributed by atoms with E-state index in [4.69, 9.17) is 4.74 Å². The molecule has 2 atom stereocenters. The van der Waals surface area contributed by atoms with Gasteiger partial charge in [-0.05, 0) is 18.6 Å². The molecule has 25 heavy (non-hydrogen) atoms. The lowest BCUT2D eigenvalue weighted by Gasteiger charge is -2.48. The number of rotatable bonds is 4. The number of hydrogen-bond donors (Lipinski definition) is 0. The summed E-state index contributed by atoms with van der Waals surface area (Å²) in [7, 11) is 0. The Kier molecular flexibility index (Phi) is 4.67. The lowest BCUT2D eigenvalue weighted by molar-refractivity contribution is -0.141. The Morgan fingerprint density at radius 3 is 2.68 bits per heavy atom. The van der Waals surface area contributed by atoms with Crippen LogP contribution >= 0.6 is 0 Å². The standard InChI is InChI=1S/C18H25N5O2/c1-2-5-14-12-25-13-15-10-21(8-9-22(14)15)18(24)11-23-19-16-6-3-4-7-17(16)20-23/h3-4,6-7,14-15H,2,5,8-13H2,1H3/t14-,15+/m0/s1. The van der Waals surface area contributed by atoms with Crippen LogP contribution in [0.25, 0.3) is 11.0 Å². The number of fused-ring (bicyclic) bond motifs is 2. The first kappa shape index (κ1) is 16.5. The topological polar surface area (TPSA) is 63.5 Å². The highest BCUT2D eigenvalue weighted by Gasteiger charge is 2.36. The average Bonchev–Trinajstić information content (AvgIpc) is 3.04. The van der Waals surface area contributed by atoms with Gasteiger partial charge in [0.1, 0.15) is 17.6 Å². The van der Waals surface area contributed by atoms with Crippen molar-refractivity contribution < 1.29 is 9.53 Å². The zero-order valence-electron chi connectivity index (χ0n) is 14.7. The number of aromatic nitrogens is 3. The van der Waals surface area contributed by atoms with Gasteiger partial charge in [-0.25, -0.2) is 0 Å². The van der Waals surface area contributed by atoms with Crippen LogP contribution in [-0.4, -0.2) is 75.6 Å². The number of hydrogen-bond acceptors (Lipinski definition) is 5. The molecule has 7 heteroatoms. The molecule has 1 aromatic carbocycles. The average molecular weight is 343 g/mol. The van der Waals surface area contributed by atoms with Crippen molar-refractivity contribution in [3.63, 3.8) is 0 Å². The third kappa shape index (κ3) is 3.39. The van der Waals surface area contributed by atoms with Gasteiger partial charge in [0.2, 0.25) is 5.91 Å². The number of carbonyl (C=O) groups is 1. The van der Waals surface area contributed by atoms with E-state index in [2.05, 4.69) is 22.0 Å². The molecular weight excluding hydrogens is 318 g/mol. The maximum atomic E-state index is 12.7. The molecule has 134 valence electrons. The second kappa shape index (κ2) is 7.09. The first-order valence-electron chi connectivity index (χ1n) is 9.15. The van der Waals surface area contributed by atoms with Crippen LogP contribution in [-0.2, 0) is 16.1 Å². The van der Waals surface area contributed by atoms with Crippen LogP contribution in [0.2, 0.25) is 0 Å². The van der Waals surface area contributed by atoms with Gasteiger partial charge in [-0.3, -0.25) is 9.69 Å². The van der Waals surface area contributed by atoms with Crippen LogP contribution in [0.5, 0.6) is 0 Å². The van der Waals surface area contributed by atoms with Crippen molar-refractivity contribution in [2.45, 2.75) is 38.4 Å². The number of benzene rings is 1. The molecule has 2 aliphatic rings. The third-order valence-corrected chi connectivity index (χ3v) is 5.20. The highest BCUT2D eigenvalue weighted by molar-refractivity contribution is 5.77. The van der Waals surface area contributed by atoms with Crippen molar-refractivity contribution in [1.29, 1.82) is 0 Å². The molecule has 2 fully saturated rings. The minimum Gasteiger partial charge on any atom is -0.378 e. The molecule has 3 heterocycles. The molecule has 0 spiro atoms. The fourth-order valence-corrected chi connectivity index (χ4v) is 3.94.